The Kier molecular flexibility index (Phi) is 3.66. The molecule has 0 amide bonds. The third kappa shape index (κ3) is 3.49. The number of nitrogens with one attached hydrogen (secondary N) is 1. The second-order valence-electron chi connectivity index (χ2n) is 4.85. The number of rotatable bonds is 4. The van der Waals surface area contributed by atoms with Crippen molar-refractivity contribution >= 4 is 11.4 Å². The van der Waals surface area contributed by atoms with E-state index in [9.17, 15) is 4.55 Å². The highest BCUT2D eigenvalue weighted by Crippen LogP contribution is 2.34. The van der Waals surface area contributed by atoms with E-state index in [2.05, 4.69) is 11.6 Å². The predicted molar refractivity (Wildman–Crippen MR) is 57.8 cm³/mol. The van der Waals surface area contributed by atoms with Crippen LogP contribution in [0.3, 0.4) is 0 Å². The van der Waals surface area contributed by atoms with E-state index < -0.39 is 11.4 Å². The Morgan fingerprint density at radius 3 is 2.31 bits per heavy atom. The maximum atomic E-state index is 11.8. The van der Waals surface area contributed by atoms with Gasteiger partial charge >= 0.3 is 0 Å². The zero-order valence-electron chi connectivity index (χ0n) is 9.09. The van der Waals surface area contributed by atoms with Crippen LogP contribution in [0.15, 0.2) is 0 Å². The van der Waals surface area contributed by atoms with Crippen molar-refractivity contribution in [3.05, 3.63) is 0 Å². The van der Waals surface area contributed by atoms with Gasteiger partial charge in [0.2, 0.25) is 0 Å². The highest BCUT2D eigenvalue weighted by molar-refractivity contribution is 7.90. The van der Waals surface area contributed by atoms with Crippen LogP contribution in [0.25, 0.3) is 0 Å². The molecular formula is C10H21NOS. The molecule has 78 valence electrons. The molecule has 0 aromatic carbocycles. The minimum Gasteiger partial charge on any atom is -0.598 e. The summed E-state index contributed by atoms with van der Waals surface area (Å²) in [5.41, 5.74) is 0. The fourth-order valence-electron chi connectivity index (χ4n) is 1.33. The van der Waals surface area contributed by atoms with Gasteiger partial charge in [-0.3, -0.25) is 0 Å². The molecule has 1 N–H and O–H groups in total. The quantitative estimate of drug-likeness (QED) is 0.711. The maximum absolute atomic E-state index is 11.8. The Morgan fingerprint density at radius 2 is 2.00 bits per heavy atom. The molecular weight excluding hydrogens is 182 g/mol. The third-order valence-corrected chi connectivity index (χ3v) is 4.07. The van der Waals surface area contributed by atoms with Crippen LogP contribution < -0.4 is 4.72 Å². The smallest absolute Gasteiger partial charge is 0.136 e. The van der Waals surface area contributed by atoms with Gasteiger partial charge in [0.25, 0.3) is 0 Å². The molecule has 1 aliphatic rings. The lowest BCUT2D eigenvalue weighted by Gasteiger charge is -2.27. The van der Waals surface area contributed by atoms with E-state index in [1.54, 1.807) is 0 Å². The fourth-order valence-corrected chi connectivity index (χ4v) is 2.31. The normalized spacial score (nSPS) is 22.8. The van der Waals surface area contributed by atoms with E-state index in [1.165, 1.54) is 12.8 Å². The van der Waals surface area contributed by atoms with Gasteiger partial charge in [0.15, 0.2) is 0 Å². The highest BCUT2D eigenvalue weighted by Gasteiger charge is 2.36. The lowest BCUT2D eigenvalue weighted by molar-refractivity contribution is 0.484. The molecule has 2 atom stereocenters. The summed E-state index contributed by atoms with van der Waals surface area (Å²) in [4.78, 5) is 0. The standard InChI is InChI=1S/C10H21NOS/c1-5-9(8-6-7-8)11-13(12)10(2,3)4/h8-9,11H,5-7H2,1-4H3/t9?,13-/m0/s1. The second kappa shape index (κ2) is 4.20. The molecule has 0 saturated heterocycles. The maximum Gasteiger partial charge on any atom is 0.136 e. The van der Waals surface area contributed by atoms with Gasteiger partial charge in [-0.1, -0.05) is 6.92 Å². The van der Waals surface area contributed by atoms with E-state index in [0.29, 0.717) is 6.04 Å². The van der Waals surface area contributed by atoms with Crippen LogP contribution in [0, 0.1) is 5.92 Å². The SMILES string of the molecule is CCC(N[S@@+]([O-])C(C)(C)C)C1CC1. The van der Waals surface area contributed by atoms with E-state index in [0.717, 1.165) is 12.3 Å². The molecule has 1 fully saturated rings. The van der Waals surface area contributed by atoms with Gasteiger partial charge in [0.05, 0.1) is 6.04 Å². The molecule has 0 spiro atoms. The first-order valence-corrected chi connectivity index (χ1v) is 6.28. The Balaban J connectivity index is 2.36. The van der Waals surface area contributed by atoms with Crippen LogP contribution >= 0.6 is 0 Å². The van der Waals surface area contributed by atoms with Gasteiger partial charge in [-0.05, 0) is 46.0 Å². The summed E-state index contributed by atoms with van der Waals surface area (Å²) >= 11 is -0.898. The summed E-state index contributed by atoms with van der Waals surface area (Å²) in [5.74, 6) is 0.788. The minimum absolute atomic E-state index is 0.137. The van der Waals surface area contributed by atoms with Crippen LogP contribution in [0.1, 0.15) is 47.0 Å². The summed E-state index contributed by atoms with van der Waals surface area (Å²) in [6.45, 7) is 8.19. The number of hydrogen-bond donors (Lipinski definition) is 1. The molecule has 2 nitrogen and oxygen atoms in total. The van der Waals surface area contributed by atoms with Crippen LogP contribution in [0.5, 0.6) is 0 Å². The first-order chi connectivity index (χ1) is 5.95. The summed E-state index contributed by atoms with van der Waals surface area (Å²) in [7, 11) is 0. The molecule has 0 radical (unpaired) electrons. The molecule has 0 heterocycles. The van der Waals surface area contributed by atoms with Crippen molar-refractivity contribution in [1.29, 1.82) is 0 Å². The lowest BCUT2D eigenvalue weighted by atomic mass is 10.1. The van der Waals surface area contributed by atoms with Gasteiger partial charge in [0.1, 0.15) is 4.75 Å². The molecule has 0 aromatic heterocycles. The Bertz CT molecular complexity index is 163. The summed E-state index contributed by atoms with van der Waals surface area (Å²) in [6, 6.07) is 0.472. The fraction of sp³-hybridized carbons (Fsp3) is 1.00. The second-order valence-corrected chi connectivity index (χ2v) is 6.85. The van der Waals surface area contributed by atoms with E-state index in [1.807, 2.05) is 20.8 Å². The third-order valence-electron chi connectivity index (χ3n) is 2.45. The van der Waals surface area contributed by atoms with Crippen molar-refractivity contribution in [3.63, 3.8) is 0 Å². The number of hydrogen-bond acceptors (Lipinski definition) is 2. The highest BCUT2D eigenvalue weighted by atomic mass is 32.2. The first kappa shape index (κ1) is 11.3. The molecule has 1 unspecified atom stereocenters. The molecule has 13 heavy (non-hydrogen) atoms. The van der Waals surface area contributed by atoms with Crippen molar-refractivity contribution in [2.75, 3.05) is 0 Å². The Morgan fingerprint density at radius 1 is 1.46 bits per heavy atom. The molecule has 0 aliphatic heterocycles. The van der Waals surface area contributed by atoms with Crippen molar-refractivity contribution in [3.8, 4) is 0 Å². The zero-order chi connectivity index (χ0) is 10.1. The molecule has 3 heteroatoms. The first-order valence-electron chi connectivity index (χ1n) is 5.13. The monoisotopic (exact) mass is 203 g/mol. The van der Waals surface area contributed by atoms with Gasteiger partial charge in [-0.15, -0.1) is 4.72 Å². The van der Waals surface area contributed by atoms with E-state index >= 15 is 0 Å². The van der Waals surface area contributed by atoms with E-state index in [-0.39, 0.29) is 4.75 Å². The zero-order valence-corrected chi connectivity index (χ0v) is 9.91. The van der Waals surface area contributed by atoms with Crippen molar-refractivity contribution < 1.29 is 4.55 Å². The minimum atomic E-state index is -0.898. The van der Waals surface area contributed by atoms with Gasteiger partial charge in [0, 0.05) is 11.4 Å². The van der Waals surface area contributed by atoms with Gasteiger partial charge in [-0.25, -0.2) is 0 Å². The molecule has 1 aliphatic carbocycles. The van der Waals surface area contributed by atoms with Crippen molar-refractivity contribution in [2.45, 2.75) is 57.7 Å². The summed E-state index contributed by atoms with van der Waals surface area (Å²) in [6.07, 6.45) is 3.71. The molecule has 0 bridgehead atoms. The predicted octanol–water partition coefficient (Wildman–Crippen LogP) is 2.23. The Hall–Kier alpha value is 0.270. The van der Waals surface area contributed by atoms with Crippen LogP contribution in [-0.2, 0) is 11.4 Å². The Labute approximate surface area is 84.8 Å². The lowest BCUT2D eigenvalue weighted by Crippen LogP contribution is -2.45. The molecule has 1 rings (SSSR count). The largest absolute Gasteiger partial charge is 0.598 e. The van der Waals surface area contributed by atoms with Crippen molar-refractivity contribution in [2.24, 2.45) is 5.92 Å². The average Bonchev–Trinajstić information content (AvgIpc) is 2.80. The van der Waals surface area contributed by atoms with Gasteiger partial charge < -0.3 is 4.55 Å². The van der Waals surface area contributed by atoms with Gasteiger partial charge in [-0.2, -0.15) is 0 Å². The summed E-state index contributed by atoms with van der Waals surface area (Å²) in [5, 5.41) is 0. The topological polar surface area (TPSA) is 35.1 Å². The van der Waals surface area contributed by atoms with Crippen LogP contribution in [-0.4, -0.2) is 15.3 Å². The molecule has 1 saturated carbocycles. The summed E-state index contributed by atoms with van der Waals surface area (Å²) < 4.78 is 14.9. The average molecular weight is 203 g/mol. The van der Waals surface area contributed by atoms with Crippen molar-refractivity contribution in [1.82, 2.24) is 4.72 Å². The van der Waals surface area contributed by atoms with E-state index in [4.69, 9.17) is 0 Å². The molecule has 0 aromatic rings. The van der Waals surface area contributed by atoms with Crippen LogP contribution in [0.2, 0.25) is 0 Å². The van der Waals surface area contributed by atoms with Crippen LogP contribution in [0.4, 0.5) is 0 Å².